The Kier molecular flexibility index (Phi) is 3.92. The molecule has 3 nitrogen and oxygen atoms in total. The molecule has 0 aromatic heterocycles. The number of carbonyl (C=O) groups is 1. The zero-order chi connectivity index (χ0) is 15.0. The Morgan fingerprint density at radius 3 is 2.76 bits per heavy atom. The molecule has 0 saturated carbocycles. The Hall–Kier alpha value is -1.51. The van der Waals surface area contributed by atoms with Crippen LogP contribution in [0.4, 0.5) is 5.69 Å². The lowest BCUT2D eigenvalue weighted by molar-refractivity contribution is -0.137. The van der Waals surface area contributed by atoms with Gasteiger partial charge in [0.15, 0.2) is 0 Å². The van der Waals surface area contributed by atoms with Crippen LogP contribution in [-0.4, -0.2) is 29.4 Å². The summed E-state index contributed by atoms with van der Waals surface area (Å²) in [6.45, 7) is 7.53. The van der Waals surface area contributed by atoms with Crippen molar-refractivity contribution in [2.45, 2.75) is 58.0 Å². The normalized spacial score (nSPS) is 32.2. The van der Waals surface area contributed by atoms with Gasteiger partial charge in [-0.05, 0) is 50.7 Å². The number of anilines is 1. The zero-order valence-electron chi connectivity index (χ0n) is 13.3. The van der Waals surface area contributed by atoms with Crippen molar-refractivity contribution in [1.82, 2.24) is 4.90 Å². The molecule has 1 aromatic rings. The molecule has 0 bridgehead atoms. The Balaban J connectivity index is 1.87. The van der Waals surface area contributed by atoms with Gasteiger partial charge in [0.05, 0.1) is 5.92 Å². The molecule has 0 aliphatic carbocycles. The quantitative estimate of drug-likeness (QED) is 0.855. The van der Waals surface area contributed by atoms with Crippen LogP contribution in [0.15, 0.2) is 24.3 Å². The lowest BCUT2D eigenvalue weighted by Gasteiger charge is -2.41. The van der Waals surface area contributed by atoms with Crippen molar-refractivity contribution in [1.29, 1.82) is 0 Å². The van der Waals surface area contributed by atoms with Crippen molar-refractivity contribution in [2.75, 3.05) is 11.9 Å². The van der Waals surface area contributed by atoms with Crippen molar-refractivity contribution in [3.05, 3.63) is 29.8 Å². The SMILES string of the molecule is CC1CCC(C)N(C(=O)C2CC(C)Nc3ccccc32)C1. The Labute approximate surface area is 127 Å². The molecule has 1 aromatic carbocycles. The van der Waals surface area contributed by atoms with Gasteiger partial charge in [-0.2, -0.15) is 0 Å². The van der Waals surface area contributed by atoms with Gasteiger partial charge in [-0.1, -0.05) is 25.1 Å². The lowest BCUT2D eigenvalue weighted by atomic mass is 9.84. The molecule has 1 saturated heterocycles. The first kappa shape index (κ1) is 14.4. The highest BCUT2D eigenvalue weighted by Gasteiger charge is 2.35. The van der Waals surface area contributed by atoms with Crippen molar-refractivity contribution < 1.29 is 4.79 Å². The van der Waals surface area contributed by atoms with E-state index in [0.717, 1.165) is 25.1 Å². The summed E-state index contributed by atoms with van der Waals surface area (Å²) in [5.41, 5.74) is 2.30. The highest BCUT2D eigenvalue weighted by atomic mass is 16.2. The molecule has 21 heavy (non-hydrogen) atoms. The maximum atomic E-state index is 13.1. The van der Waals surface area contributed by atoms with E-state index in [2.05, 4.69) is 43.1 Å². The molecule has 2 heterocycles. The monoisotopic (exact) mass is 286 g/mol. The number of fused-ring (bicyclic) bond motifs is 1. The average Bonchev–Trinajstić information content (AvgIpc) is 2.48. The van der Waals surface area contributed by atoms with Gasteiger partial charge in [0, 0.05) is 24.3 Å². The Morgan fingerprint density at radius 2 is 1.95 bits per heavy atom. The number of benzene rings is 1. The standard InChI is InChI=1S/C18H26N2O/c1-12-8-9-14(3)20(11-12)18(21)16-10-13(2)19-17-7-5-4-6-15(16)17/h4-7,12-14,16,19H,8-11H2,1-3H3. The van der Waals surface area contributed by atoms with Crippen LogP contribution in [0.2, 0.25) is 0 Å². The van der Waals surface area contributed by atoms with Crippen LogP contribution >= 0.6 is 0 Å². The van der Waals surface area contributed by atoms with Crippen molar-refractivity contribution >= 4 is 11.6 Å². The molecule has 1 amide bonds. The van der Waals surface area contributed by atoms with E-state index in [4.69, 9.17) is 0 Å². The van der Waals surface area contributed by atoms with Gasteiger partial charge >= 0.3 is 0 Å². The number of nitrogens with one attached hydrogen (secondary N) is 1. The third kappa shape index (κ3) is 2.78. The number of hydrogen-bond acceptors (Lipinski definition) is 2. The summed E-state index contributed by atoms with van der Waals surface area (Å²) in [5.74, 6) is 0.972. The lowest BCUT2D eigenvalue weighted by Crippen LogP contribution is -2.48. The fraction of sp³-hybridized carbons (Fsp3) is 0.611. The van der Waals surface area contributed by atoms with Gasteiger partial charge in [-0.25, -0.2) is 0 Å². The third-order valence-electron chi connectivity index (χ3n) is 5.03. The van der Waals surface area contributed by atoms with Crippen LogP contribution in [0.3, 0.4) is 0 Å². The largest absolute Gasteiger partial charge is 0.382 e. The molecule has 4 atom stereocenters. The van der Waals surface area contributed by atoms with E-state index in [1.54, 1.807) is 0 Å². The van der Waals surface area contributed by atoms with Crippen LogP contribution < -0.4 is 5.32 Å². The number of hydrogen-bond donors (Lipinski definition) is 1. The number of piperidine rings is 1. The first-order chi connectivity index (χ1) is 10.1. The Morgan fingerprint density at radius 1 is 1.19 bits per heavy atom. The molecule has 0 radical (unpaired) electrons. The summed E-state index contributed by atoms with van der Waals surface area (Å²) in [6.07, 6.45) is 3.27. The second-order valence-corrected chi connectivity index (χ2v) is 6.94. The summed E-state index contributed by atoms with van der Waals surface area (Å²) in [5, 5.41) is 3.50. The van der Waals surface area contributed by atoms with Gasteiger partial charge in [0.25, 0.3) is 0 Å². The van der Waals surface area contributed by atoms with Crippen molar-refractivity contribution in [3.63, 3.8) is 0 Å². The highest BCUT2D eigenvalue weighted by molar-refractivity contribution is 5.87. The molecule has 2 aliphatic heterocycles. The highest BCUT2D eigenvalue weighted by Crippen LogP contribution is 2.36. The van der Waals surface area contributed by atoms with Gasteiger partial charge in [-0.3, -0.25) is 4.79 Å². The maximum Gasteiger partial charge on any atom is 0.230 e. The summed E-state index contributed by atoms with van der Waals surface area (Å²) in [6, 6.07) is 9.01. The van der Waals surface area contributed by atoms with Crippen molar-refractivity contribution in [2.24, 2.45) is 5.92 Å². The first-order valence-corrected chi connectivity index (χ1v) is 8.22. The van der Waals surface area contributed by atoms with E-state index < -0.39 is 0 Å². The average molecular weight is 286 g/mol. The molecule has 2 aliphatic rings. The van der Waals surface area contributed by atoms with Crippen LogP contribution in [0.25, 0.3) is 0 Å². The van der Waals surface area contributed by atoms with Gasteiger partial charge in [-0.15, -0.1) is 0 Å². The van der Waals surface area contributed by atoms with Gasteiger partial charge in [0.2, 0.25) is 5.91 Å². The van der Waals surface area contributed by atoms with E-state index in [-0.39, 0.29) is 5.92 Å². The van der Waals surface area contributed by atoms with Gasteiger partial charge in [0.1, 0.15) is 0 Å². The van der Waals surface area contributed by atoms with E-state index in [9.17, 15) is 4.79 Å². The molecular weight excluding hydrogens is 260 g/mol. The molecule has 4 unspecified atom stereocenters. The molecule has 1 N–H and O–H groups in total. The van der Waals surface area contributed by atoms with E-state index in [1.165, 1.54) is 12.0 Å². The van der Waals surface area contributed by atoms with Gasteiger partial charge < -0.3 is 10.2 Å². The molecular formula is C18H26N2O. The fourth-order valence-corrected chi connectivity index (χ4v) is 3.77. The Bertz CT molecular complexity index is 528. The van der Waals surface area contributed by atoms with Crippen LogP contribution in [-0.2, 0) is 4.79 Å². The molecule has 114 valence electrons. The van der Waals surface area contributed by atoms with E-state index >= 15 is 0 Å². The van der Waals surface area contributed by atoms with E-state index in [1.807, 2.05) is 12.1 Å². The second-order valence-electron chi connectivity index (χ2n) is 6.94. The molecule has 3 rings (SSSR count). The summed E-state index contributed by atoms with van der Waals surface area (Å²) >= 11 is 0. The third-order valence-corrected chi connectivity index (χ3v) is 5.03. The summed E-state index contributed by atoms with van der Waals surface area (Å²) in [7, 11) is 0. The predicted octanol–water partition coefficient (Wildman–Crippen LogP) is 3.62. The minimum absolute atomic E-state index is 0.0187. The fourth-order valence-electron chi connectivity index (χ4n) is 3.77. The number of rotatable bonds is 1. The molecule has 1 fully saturated rings. The second kappa shape index (κ2) is 5.70. The summed E-state index contributed by atoms with van der Waals surface area (Å²) < 4.78 is 0. The number of carbonyl (C=O) groups excluding carboxylic acids is 1. The predicted molar refractivity (Wildman–Crippen MR) is 86.5 cm³/mol. The zero-order valence-corrected chi connectivity index (χ0v) is 13.3. The molecule has 0 spiro atoms. The van der Waals surface area contributed by atoms with Crippen molar-refractivity contribution in [3.8, 4) is 0 Å². The van der Waals surface area contributed by atoms with E-state index in [0.29, 0.717) is 23.9 Å². The first-order valence-electron chi connectivity index (χ1n) is 8.22. The van der Waals surface area contributed by atoms with Crippen LogP contribution in [0.5, 0.6) is 0 Å². The van der Waals surface area contributed by atoms with Crippen LogP contribution in [0.1, 0.15) is 51.5 Å². The minimum Gasteiger partial charge on any atom is -0.382 e. The minimum atomic E-state index is 0.0187. The van der Waals surface area contributed by atoms with Crippen LogP contribution in [0, 0.1) is 5.92 Å². The summed E-state index contributed by atoms with van der Waals surface area (Å²) in [4.78, 5) is 15.2. The number of para-hydroxylation sites is 1. The number of likely N-dealkylation sites (tertiary alicyclic amines) is 1. The number of nitrogens with zero attached hydrogens (tertiary/aromatic N) is 1. The topological polar surface area (TPSA) is 32.3 Å². The molecule has 3 heteroatoms. The number of amides is 1. The smallest absolute Gasteiger partial charge is 0.230 e. The maximum absolute atomic E-state index is 13.1.